The van der Waals surface area contributed by atoms with Crippen LogP contribution in [0, 0.1) is 5.92 Å². The van der Waals surface area contributed by atoms with Crippen molar-refractivity contribution in [1.29, 1.82) is 0 Å². The zero-order valence-corrected chi connectivity index (χ0v) is 14.0. The van der Waals surface area contributed by atoms with Gasteiger partial charge in [0.05, 0.1) is 13.2 Å². The van der Waals surface area contributed by atoms with Gasteiger partial charge in [0.25, 0.3) is 0 Å². The fraction of sp³-hybridized carbons (Fsp3) is 0.867. The number of esters is 1. The quantitative estimate of drug-likeness (QED) is 0.729. The van der Waals surface area contributed by atoms with Gasteiger partial charge in [0.15, 0.2) is 6.86 Å². The van der Waals surface area contributed by atoms with Gasteiger partial charge in [-0.3, -0.25) is 4.90 Å². The maximum absolute atomic E-state index is 12.4. The molecule has 128 valence electrons. The third-order valence-electron chi connectivity index (χ3n) is 3.76. The number of hydrogen-bond donors (Lipinski definition) is 0. The Kier molecular flexibility index (Phi) is 6.17. The number of halogens is 1. The summed E-state index contributed by atoms with van der Waals surface area (Å²) in [5.74, 6) is -0.861. The second-order valence-electron chi connectivity index (χ2n) is 6.47. The van der Waals surface area contributed by atoms with E-state index in [0.717, 1.165) is 0 Å². The average molecular weight is 319 g/mol. The van der Waals surface area contributed by atoms with Crippen LogP contribution in [0.3, 0.4) is 0 Å². The molecule has 0 aliphatic carbocycles. The number of carbonyl (C=O) groups is 2. The van der Waals surface area contributed by atoms with Crippen LogP contribution in [0.15, 0.2) is 0 Å². The first-order valence-electron chi connectivity index (χ1n) is 7.48. The highest BCUT2D eigenvalue weighted by Crippen LogP contribution is 2.37. The highest BCUT2D eigenvalue weighted by molar-refractivity contribution is 5.86. The maximum Gasteiger partial charge on any atom is 0.411 e. The molecule has 0 aromatic heterocycles. The molecule has 0 bridgehead atoms. The molecular formula is C15H26FNO5. The SMILES string of the molecule is CCOC(=O)C1(C)C(COCF)CCN1C(=O)OC(C)(C)C. The fourth-order valence-corrected chi connectivity index (χ4v) is 2.60. The highest BCUT2D eigenvalue weighted by Gasteiger charge is 2.55. The zero-order chi connectivity index (χ0) is 17.0. The minimum Gasteiger partial charge on any atom is -0.464 e. The van der Waals surface area contributed by atoms with Crippen molar-refractivity contribution in [2.24, 2.45) is 5.92 Å². The van der Waals surface area contributed by atoms with E-state index in [1.54, 1.807) is 34.6 Å². The maximum atomic E-state index is 12.4. The molecule has 1 saturated heterocycles. The van der Waals surface area contributed by atoms with Gasteiger partial charge >= 0.3 is 12.1 Å². The van der Waals surface area contributed by atoms with Crippen LogP contribution in [0.25, 0.3) is 0 Å². The van der Waals surface area contributed by atoms with Crippen molar-refractivity contribution in [3.8, 4) is 0 Å². The number of ether oxygens (including phenoxy) is 3. The van der Waals surface area contributed by atoms with Crippen molar-refractivity contribution >= 4 is 12.1 Å². The lowest BCUT2D eigenvalue weighted by Crippen LogP contribution is -2.56. The van der Waals surface area contributed by atoms with Gasteiger partial charge in [0.2, 0.25) is 0 Å². The molecule has 2 unspecified atom stereocenters. The molecule has 7 heteroatoms. The Morgan fingerprint density at radius 2 is 2.00 bits per heavy atom. The van der Waals surface area contributed by atoms with Gasteiger partial charge in [0.1, 0.15) is 11.1 Å². The normalized spacial score (nSPS) is 25.2. The van der Waals surface area contributed by atoms with Crippen LogP contribution in [-0.4, -0.2) is 54.7 Å². The summed E-state index contributed by atoms with van der Waals surface area (Å²) in [6, 6.07) is 0. The predicted octanol–water partition coefficient (Wildman–Crippen LogP) is 2.51. The molecule has 1 heterocycles. The molecule has 0 aromatic carbocycles. The van der Waals surface area contributed by atoms with Crippen LogP contribution in [0.2, 0.25) is 0 Å². The van der Waals surface area contributed by atoms with Crippen LogP contribution >= 0.6 is 0 Å². The Bertz CT molecular complexity index is 409. The van der Waals surface area contributed by atoms with Crippen molar-refractivity contribution in [2.45, 2.75) is 52.2 Å². The minimum absolute atomic E-state index is 0.0467. The summed E-state index contributed by atoms with van der Waals surface area (Å²) in [6.45, 7) is 8.24. The molecule has 1 amide bonds. The van der Waals surface area contributed by atoms with Gasteiger partial charge in [-0.2, -0.15) is 0 Å². The van der Waals surface area contributed by atoms with Crippen molar-refractivity contribution < 1.29 is 28.2 Å². The van der Waals surface area contributed by atoms with Gasteiger partial charge in [-0.25, -0.2) is 14.0 Å². The molecule has 0 saturated carbocycles. The molecule has 6 nitrogen and oxygen atoms in total. The summed E-state index contributed by atoms with van der Waals surface area (Å²) < 4.78 is 27.6. The van der Waals surface area contributed by atoms with Crippen molar-refractivity contribution in [3.63, 3.8) is 0 Å². The van der Waals surface area contributed by atoms with Crippen LogP contribution in [0.4, 0.5) is 9.18 Å². The number of alkyl halides is 1. The first-order valence-corrected chi connectivity index (χ1v) is 7.48. The van der Waals surface area contributed by atoms with Crippen LogP contribution in [-0.2, 0) is 19.0 Å². The third kappa shape index (κ3) is 4.09. The molecule has 22 heavy (non-hydrogen) atoms. The van der Waals surface area contributed by atoms with E-state index in [4.69, 9.17) is 14.2 Å². The summed E-state index contributed by atoms with van der Waals surface area (Å²) in [6.07, 6.45) is -0.0556. The van der Waals surface area contributed by atoms with Gasteiger partial charge in [-0.15, -0.1) is 0 Å². The van der Waals surface area contributed by atoms with Crippen molar-refractivity contribution in [2.75, 3.05) is 26.6 Å². The largest absolute Gasteiger partial charge is 0.464 e. The highest BCUT2D eigenvalue weighted by atomic mass is 19.1. The molecule has 0 aromatic rings. The van der Waals surface area contributed by atoms with Gasteiger partial charge in [-0.1, -0.05) is 0 Å². The van der Waals surface area contributed by atoms with E-state index in [-0.39, 0.29) is 19.1 Å². The van der Waals surface area contributed by atoms with E-state index >= 15 is 0 Å². The summed E-state index contributed by atoms with van der Waals surface area (Å²) >= 11 is 0. The van der Waals surface area contributed by atoms with Gasteiger partial charge in [0, 0.05) is 12.5 Å². The van der Waals surface area contributed by atoms with E-state index in [0.29, 0.717) is 13.0 Å². The van der Waals surface area contributed by atoms with E-state index in [1.807, 2.05) is 0 Å². The summed E-state index contributed by atoms with van der Waals surface area (Å²) in [5, 5.41) is 0. The second-order valence-corrected chi connectivity index (χ2v) is 6.47. The Hall–Kier alpha value is -1.37. The molecule has 0 N–H and O–H groups in total. The number of nitrogens with zero attached hydrogens (tertiary/aromatic N) is 1. The standard InChI is InChI=1S/C15H26FNO5/c1-6-21-12(18)15(5)11(9-20-10-16)7-8-17(15)13(19)22-14(2,3)4/h11H,6-10H2,1-5H3. The van der Waals surface area contributed by atoms with Gasteiger partial charge < -0.3 is 14.2 Å². The minimum atomic E-state index is -1.21. The molecule has 1 aliphatic heterocycles. The summed E-state index contributed by atoms with van der Waals surface area (Å²) in [7, 11) is 0. The Balaban J connectivity index is 3.00. The molecule has 1 rings (SSSR count). The predicted molar refractivity (Wildman–Crippen MR) is 78.0 cm³/mol. The summed E-state index contributed by atoms with van der Waals surface area (Å²) in [5.41, 5.74) is -1.88. The molecule has 2 atom stereocenters. The number of amides is 1. The first-order chi connectivity index (χ1) is 10.2. The lowest BCUT2D eigenvalue weighted by Gasteiger charge is -2.37. The van der Waals surface area contributed by atoms with Gasteiger partial charge in [-0.05, 0) is 41.0 Å². The van der Waals surface area contributed by atoms with E-state index < -0.39 is 30.1 Å². The van der Waals surface area contributed by atoms with E-state index in [2.05, 4.69) is 0 Å². The zero-order valence-electron chi connectivity index (χ0n) is 14.0. The average Bonchev–Trinajstić information content (AvgIpc) is 2.73. The number of carbonyl (C=O) groups excluding carboxylic acids is 2. The number of likely N-dealkylation sites (tertiary alicyclic amines) is 1. The Morgan fingerprint density at radius 1 is 1.36 bits per heavy atom. The first kappa shape index (κ1) is 18.7. The van der Waals surface area contributed by atoms with E-state index in [9.17, 15) is 14.0 Å². The van der Waals surface area contributed by atoms with Crippen molar-refractivity contribution in [3.05, 3.63) is 0 Å². The number of rotatable bonds is 5. The monoisotopic (exact) mass is 319 g/mol. The fourth-order valence-electron chi connectivity index (χ4n) is 2.60. The topological polar surface area (TPSA) is 65.1 Å². The molecule has 0 spiro atoms. The Labute approximate surface area is 130 Å². The lowest BCUT2D eigenvalue weighted by atomic mass is 9.87. The smallest absolute Gasteiger partial charge is 0.411 e. The van der Waals surface area contributed by atoms with Crippen LogP contribution in [0.1, 0.15) is 41.0 Å². The molecule has 1 aliphatic rings. The molecular weight excluding hydrogens is 293 g/mol. The number of hydrogen-bond acceptors (Lipinski definition) is 5. The van der Waals surface area contributed by atoms with Crippen molar-refractivity contribution in [1.82, 2.24) is 4.90 Å². The molecule has 0 radical (unpaired) electrons. The Morgan fingerprint density at radius 3 is 2.50 bits per heavy atom. The lowest BCUT2D eigenvalue weighted by molar-refractivity contribution is -0.158. The van der Waals surface area contributed by atoms with E-state index in [1.165, 1.54) is 4.90 Å². The summed E-state index contributed by atoms with van der Waals surface area (Å²) in [4.78, 5) is 26.1. The van der Waals surface area contributed by atoms with Crippen LogP contribution in [0.5, 0.6) is 0 Å². The second kappa shape index (κ2) is 7.26. The third-order valence-corrected chi connectivity index (χ3v) is 3.76. The molecule has 1 fully saturated rings. The van der Waals surface area contributed by atoms with Crippen LogP contribution < -0.4 is 0 Å².